The summed E-state index contributed by atoms with van der Waals surface area (Å²) in [7, 11) is 0. The summed E-state index contributed by atoms with van der Waals surface area (Å²) >= 11 is 11.9. The van der Waals surface area contributed by atoms with E-state index >= 15 is 0 Å². The van der Waals surface area contributed by atoms with Crippen LogP contribution in [0, 0.1) is 0 Å². The van der Waals surface area contributed by atoms with E-state index in [4.69, 9.17) is 32.7 Å². The van der Waals surface area contributed by atoms with Crippen LogP contribution in [0.25, 0.3) is 10.9 Å². The van der Waals surface area contributed by atoms with Crippen LogP contribution in [0.3, 0.4) is 0 Å². The van der Waals surface area contributed by atoms with Gasteiger partial charge in [-0.3, -0.25) is 4.79 Å². The van der Waals surface area contributed by atoms with Crippen LogP contribution in [-0.4, -0.2) is 66.4 Å². The molecule has 0 spiro atoms. The molecule has 0 bridgehead atoms. The monoisotopic (exact) mass is 485 g/mol. The van der Waals surface area contributed by atoms with Gasteiger partial charge in [-0.2, -0.15) is 0 Å². The lowest BCUT2D eigenvalue weighted by Gasteiger charge is -2.29. The zero-order valence-electron chi connectivity index (χ0n) is 18.5. The second kappa shape index (κ2) is 12.0. The quantitative estimate of drug-likeness (QED) is 0.272. The van der Waals surface area contributed by atoms with Gasteiger partial charge in [0.1, 0.15) is 0 Å². The number of benzene rings is 1. The van der Waals surface area contributed by atoms with Gasteiger partial charge in [0.15, 0.2) is 0 Å². The molecule has 1 aromatic carbocycles. The molecule has 2 rings (SSSR count). The minimum atomic E-state index is -2.01. The molecule has 0 saturated carbocycles. The molecule has 0 aliphatic carbocycles. The van der Waals surface area contributed by atoms with Gasteiger partial charge >= 0.3 is 11.9 Å². The van der Waals surface area contributed by atoms with Crippen molar-refractivity contribution in [3.63, 3.8) is 0 Å². The standard InChI is InChI=1S/C22H29Cl2N3O5/c1-4-31-20(29)22(26-15(3)28,21(30)32-5-2)13-16-14-25-19-7-6-17(12-18(16)19)27(10-8-23)11-9-24/h6-7,12,14,25H,4-5,8-11,13H2,1-3H3,(H,26,28). The number of aromatic nitrogens is 1. The highest BCUT2D eigenvalue weighted by atomic mass is 35.5. The third kappa shape index (κ3) is 5.86. The van der Waals surface area contributed by atoms with E-state index < -0.39 is 23.4 Å². The maximum Gasteiger partial charge on any atom is 0.344 e. The third-order valence-electron chi connectivity index (χ3n) is 4.92. The van der Waals surface area contributed by atoms with Crippen molar-refractivity contribution in [1.82, 2.24) is 10.3 Å². The summed E-state index contributed by atoms with van der Waals surface area (Å²) in [6.07, 6.45) is 1.57. The van der Waals surface area contributed by atoms with Crippen molar-refractivity contribution in [3.05, 3.63) is 30.0 Å². The fourth-order valence-corrected chi connectivity index (χ4v) is 3.96. The second-order valence-corrected chi connectivity index (χ2v) is 7.87. The predicted octanol–water partition coefficient (Wildman–Crippen LogP) is 3.00. The van der Waals surface area contributed by atoms with Crippen molar-refractivity contribution < 1.29 is 23.9 Å². The molecular weight excluding hydrogens is 457 g/mol. The van der Waals surface area contributed by atoms with Gasteiger partial charge in [0.2, 0.25) is 11.4 Å². The summed E-state index contributed by atoms with van der Waals surface area (Å²) in [4.78, 5) is 43.1. The SMILES string of the molecule is CCOC(=O)C(Cc1c[nH]c2ccc(N(CCCl)CCCl)cc12)(NC(C)=O)C(=O)OCC. The van der Waals surface area contributed by atoms with Crippen LogP contribution in [0.15, 0.2) is 24.4 Å². The number of fused-ring (bicyclic) bond motifs is 1. The lowest BCUT2D eigenvalue weighted by atomic mass is 9.90. The number of amides is 1. The smallest absolute Gasteiger partial charge is 0.344 e. The van der Waals surface area contributed by atoms with Gasteiger partial charge in [0.25, 0.3) is 0 Å². The van der Waals surface area contributed by atoms with E-state index in [1.54, 1.807) is 20.0 Å². The Morgan fingerprint density at radius 3 is 2.16 bits per heavy atom. The molecule has 0 aliphatic heterocycles. The number of carbonyl (C=O) groups excluding carboxylic acids is 3. The molecule has 176 valence electrons. The summed E-state index contributed by atoms with van der Waals surface area (Å²) in [6, 6.07) is 5.78. The van der Waals surface area contributed by atoms with Gasteiger partial charge < -0.3 is 24.7 Å². The Labute approximate surface area is 197 Å². The van der Waals surface area contributed by atoms with Crippen molar-refractivity contribution >= 4 is 57.6 Å². The average molecular weight is 486 g/mol. The molecule has 10 heteroatoms. The predicted molar refractivity (Wildman–Crippen MR) is 125 cm³/mol. The summed E-state index contributed by atoms with van der Waals surface area (Å²) in [5.74, 6) is -1.42. The molecule has 0 aliphatic rings. The Morgan fingerprint density at radius 2 is 1.66 bits per heavy atom. The van der Waals surface area contributed by atoms with Crippen molar-refractivity contribution in [2.45, 2.75) is 32.7 Å². The minimum absolute atomic E-state index is 0.0451. The van der Waals surface area contributed by atoms with Gasteiger partial charge in [0.05, 0.1) is 13.2 Å². The molecular formula is C22H29Cl2N3O5. The van der Waals surface area contributed by atoms with E-state index in [1.165, 1.54) is 6.92 Å². The zero-order valence-corrected chi connectivity index (χ0v) is 20.0. The third-order valence-corrected chi connectivity index (χ3v) is 5.26. The Bertz CT molecular complexity index is 923. The van der Waals surface area contributed by atoms with E-state index in [9.17, 15) is 14.4 Å². The number of nitrogens with zero attached hydrogens (tertiary/aromatic N) is 1. The Balaban J connectivity index is 2.57. The molecule has 0 atom stereocenters. The number of ether oxygens (including phenoxy) is 2. The number of rotatable bonds is 12. The fourth-order valence-electron chi connectivity index (χ4n) is 3.55. The molecule has 1 heterocycles. The molecule has 2 N–H and O–H groups in total. The van der Waals surface area contributed by atoms with E-state index in [0.717, 1.165) is 16.6 Å². The summed E-state index contributed by atoms with van der Waals surface area (Å²) in [5.41, 5.74) is 0.352. The number of aromatic amines is 1. The van der Waals surface area contributed by atoms with Crippen LogP contribution in [0.1, 0.15) is 26.3 Å². The van der Waals surface area contributed by atoms with Gasteiger partial charge in [-0.15, -0.1) is 23.2 Å². The number of hydrogen-bond donors (Lipinski definition) is 2. The Morgan fingerprint density at radius 1 is 1.06 bits per heavy atom. The first-order valence-corrected chi connectivity index (χ1v) is 11.5. The summed E-state index contributed by atoms with van der Waals surface area (Å²) < 4.78 is 10.3. The van der Waals surface area contributed by atoms with Crippen molar-refractivity contribution in [2.75, 3.05) is 43.0 Å². The lowest BCUT2D eigenvalue weighted by Crippen LogP contribution is -2.62. The number of H-pyrrole nitrogens is 1. The van der Waals surface area contributed by atoms with E-state index in [1.807, 2.05) is 23.1 Å². The number of anilines is 1. The van der Waals surface area contributed by atoms with Crippen molar-refractivity contribution in [1.29, 1.82) is 0 Å². The number of carbonyl (C=O) groups is 3. The summed E-state index contributed by atoms with van der Waals surface area (Å²) in [5, 5.41) is 3.29. The highest BCUT2D eigenvalue weighted by molar-refractivity contribution is 6.18. The maximum atomic E-state index is 12.9. The molecule has 0 radical (unpaired) electrons. The van der Waals surface area contributed by atoms with Crippen LogP contribution >= 0.6 is 23.2 Å². The number of hydrogen-bond acceptors (Lipinski definition) is 6. The van der Waals surface area contributed by atoms with E-state index in [0.29, 0.717) is 30.4 Å². The Hall–Kier alpha value is -2.45. The zero-order chi connectivity index (χ0) is 23.7. The first-order chi connectivity index (χ1) is 15.3. The second-order valence-electron chi connectivity index (χ2n) is 7.11. The van der Waals surface area contributed by atoms with Gasteiger partial charge in [0, 0.05) is 61.0 Å². The minimum Gasteiger partial charge on any atom is -0.464 e. The topological polar surface area (TPSA) is 101 Å². The van der Waals surface area contributed by atoms with Gasteiger partial charge in [-0.25, -0.2) is 9.59 Å². The number of nitrogens with one attached hydrogen (secondary N) is 2. The first-order valence-electron chi connectivity index (χ1n) is 10.4. The Kier molecular flexibility index (Phi) is 9.65. The van der Waals surface area contributed by atoms with Crippen LogP contribution < -0.4 is 10.2 Å². The fraction of sp³-hybridized carbons (Fsp3) is 0.500. The molecule has 32 heavy (non-hydrogen) atoms. The largest absolute Gasteiger partial charge is 0.464 e. The maximum absolute atomic E-state index is 12.9. The summed E-state index contributed by atoms with van der Waals surface area (Å²) in [6.45, 7) is 5.80. The molecule has 1 aromatic heterocycles. The van der Waals surface area contributed by atoms with Crippen LogP contribution in [-0.2, 0) is 30.3 Å². The molecule has 0 fully saturated rings. The van der Waals surface area contributed by atoms with Crippen LogP contribution in [0.4, 0.5) is 5.69 Å². The number of halogens is 2. The molecule has 8 nitrogen and oxygen atoms in total. The van der Waals surface area contributed by atoms with Crippen LogP contribution in [0.2, 0.25) is 0 Å². The van der Waals surface area contributed by atoms with Crippen LogP contribution in [0.5, 0.6) is 0 Å². The van der Waals surface area contributed by atoms with Gasteiger partial charge in [-0.1, -0.05) is 0 Å². The molecule has 0 saturated heterocycles. The normalized spacial score (nSPS) is 11.3. The van der Waals surface area contributed by atoms with E-state index in [2.05, 4.69) is 10.3 Å². The molecule has 2 aromatic rings. The number of alkyl halides is 2. The van der Waals surface area contributed by atoms with Crippen molar-refractivity contribution in [3.8, 4) is 0 Å². The van der Waals surface area contributed by atoms with Crippen molar-refractivity contribution in [2.24, 2.45) is 0 Å². The highest BCUT2D eigenvalue weighted by Gasteiger charge is 2.50. The molecule has 1 amide bonds. The van der Waals surface area contributed by atoms with E-state index in [-0.39, 0.29) is 19.6 Å². The number of esters is 2. The lowest BCUT2D eigenvalue weighted by molar-refractivity contribution is -0.167. The van der Waals surface area contributed by atoms with Gasteiger partial charge in [-0.05, 0) is 37.6 Å². The average Bonchev–Trinajstić information content (AvgIpc) is 3.14. The first kappa shape index (κ1) is 25.8. The molecule has 0 unspecified atom stereocenters. The highest BCUT2D eigenvalue weighted by Crippen LogP contribution is 2.29.